The molecule has 3 heterocycles. The minimum absolute atomic E-state index is 0.0487. The molecule has 2 fully saturated rings. The fraction of sp³-hybridized carbons (Fsp3) is 0.500. The Morgan fingerprint density at radius 1 is 0.926 bits per heavy atom. The van der Waals surface area contributed by atoms with E-state index in [0.717, 1.165) is 42.8 Å². The van der Waals surface area contributed by atoms with Crippen molar-refractivity contribution in [3.63, 3.8) is 0 Å². The van der Waals surface area contributed by atoms with Gasteiger partial charge in [0, 0.05) is 52.1 Å². The van der Waals surface area contributed by atoms with Crippen LogP contribution in [0.15, 0.2) is 30.5 Å². The summed E-state index contributed by atoms with van der Waals surface area (Å²) in [5.41, 5.74) is 1.79. The first-order valence-corrected chi connectivity index (χ1v) is 9.63. The summed E-state index contributed by atoms with van der Waals surface area (Å²) < 4.78 is 0. The molecule has 0 unspecified atom stereocenters. The summed E-state index contributed by atoms with van der Waals surface area (Å²) in [5, 5.41) is 0. The summed E-state index contributed by atoms with van der Waals surface area (Å²) in [5.74, 6) is 1.26. The Balaban J connectivity index is 1.34. The number of carbonyl (C=O) groups excluding carboxylic acids is 2. The van der Waals surface area contributed by atoms with Crippen LogP contribution in [-0.2, 0) is 9.59 Å². The molecule has 7 nitrogen and oxygen atoms in total. The molecular formula is C20H25N5O2. The zero-order chi connectivity index (χ0) is 18.8. The van der Waals surface area contributed by atoms with Gasteiger partial charge in [0.25, 0.3) is 0 Å². The van der Waals surface area contributed by atoms with Gasteiger partial charge in [0.1, 0.15) is 5.82 Å². The molecule has 142 valence electrons. The van der Waals surface area contributed by atoms with Crippen LogP contribution < -0.4 is 4.90 Å². The second-order valence-electron chi connectivity index (χ2n) is 7.31. The molecule has 0 N–H and O–H groups in total. The average molecular weight is 367 g/mol. The average Bonchev–Trinajstić information content (AvgIpc) is 2.73. The molecule has 7 heteroatoms. The Hall–Kier alpha value is -2.70. The number of carbonyl (C=O) groups is 2. The first kappa shape index (κ1) is 17.7. The standard InChI is InChI=1S/C20H25N5O2/c1-15(26)23-8-6-16(7-9-23)20(27)25-12-10-24(11-13-25)19-14-21-17-4-2-3-5-18(17)22-19/h2-5,14,16H,6-13H2,1H3. The predicted molar refractivity (Wildman–Crippen MR) is 103 cm³/mol. The Kier molecular flexibility index (Phi) is 4.92. The SMILES string of the molecule is CC(=O)N1CCC(C(=O)N2CCN(c3cnc4ccccc4n3)CC2)CC1. The second-order valence-corrected chi connectivity index (χ2v) is 7.31. The van der Waals surface area contributed by atoms with Gasteiger partial charge in [0.2, 0.25) is 11.8 Å². The number of hydrogen-bond acceptors (Lipinski definition) is 5. The number of hydrogen-bond donors (Lipinski definition) is 0. The van der Waals surface area contributed by atoms with Crippen LogP contribution in [-0.4, -0.2) is 70.9 Å². The van der Waals surface area contributed by atoms with Gasteiger partial charge in [-0.15, -0.1) is 0 Å². The summed E-state index contributed by atoms with van der Waals surface area (Å²) in [6.07, 6.45) is 3.36. The lowest BCUT2D eigenvalue weighted by molar-refractivity contribution is -0.140. The normalized spacial score (nSPS) is 18.8. The minimum Gasteiger partial charge on any atom is -0.352 e. The minimum atomic E-state index is 0.0487. The van der Waals surface area contributed by atoms with E-state index in [-0.39, 0.29) is 17.7 Å². The summed E-state index contributed by atoms with van der Waals surface area (Å²) in [6.45, 7) is 5.93. The van der Waals surface area contributed by atoms with Gasteiger partial charge in [-0.1, -0.05) is 12.1 Å². The molecule has 0 aliphatic carbocycles. The monoisotopic (exact) mass is 367 g/mol. The second kappa shape index (κ2) is 7.50. The van der Waals surface area contributed by atoms with Gasteiger partial charge in [-0.25, -0.2) is 4.98 Å². The van der Waals surface area contributed by atoms with Gasteiger partial charge >= 0.3 is 0 Å². The van der Waals surface area contributed by atoms with Crippen LogP contribution in [0, 0.1) is 5.92 Å². The van der Waals surface area contributed by atoms with Crippen LogP contribution in [0.1, 0.15) is 19.8 Å². The van der Waals surface area contributed by atoms with Gasteiger partial charge in [0.05, 0.1) is 17.2 Å². The molecule has 2 aliphatic rings. The number of rotatable bonds is 2. The lowest BCUT2D eigenvalue weighted by atomic mass is 9.95. The lowest BCUT2D eigenvalue weighted by Crippen LogP contribution is -2.52. The van der Waals surface area contributed by atoms with Crippen molar-refractivity contribution >= 4 is 28.7 Å². The van der Waals surface area contributed by atoms with Crippen LogP contribution in [0.2, 0.25) is 0 Å². The third-order valence-corrected chi connectivity index (χ3v) is 5.64. The Morgan fingerprint density at radius 2 is 1.59 bits per heavy atom. The van der Waals surface area contributed by atoms with Gasteiger partial charge in [0.15, 0.2) is 0 Å². The van der Waals surface area contributed by atoms with E-state index in [1.165, 1.54) is 0 Å². The molecule has 4 rings (SSSR count). The molecule has 0 spiro atoms. The van der Waals surface area contributed by atoms with Crippen LogP contribution in [0.3, 0.4) is 0 Å². The molecule has 1 aromatic carbocycles. The van der Waals surface area contributed by atoms with E-state index >= 15 is 0 Å². The number of anilines is 1. The van der Waals surface area contributed by atoms with Crippen LogP contribution in [0.5, 0.6) is 0 Å². The predicted octanol–water partition coefficient (Wildman–Crippen LogP) is 1.54. The maximum atomic E-state index is 12.8. The van der Waals surface area contributed by atoms with E-state index in [4.69, 9.17) is 4.98 Å². The summed E-state index contributed by atoms with van der Waals surface area (Å²) in [4.78, 5) is 39.5. The smallest absolute Gasteiger partial charge is 0.225 e. The number of piperazine rings is 1. The van der Waals surface area contributed by atoms with Crippen molar-refractivity contribution in [3.8, 4) is 0 Å². The number of fused-ring (bicyclic) bond motifs is 1. The number of amides is 2. The highest BCUT2D eigenvalue weighted by atomic mass is 16.2. The van der Waals surface area contributed by atoms with Gasteiger partial charge < -0.3 is 14.7 Å². The fourth-order valence-electron chi connectivity index (χ4n) is 3.96. The third-order valence-electron chi connectivity index (χ3n) is 5.64. The number of piperidine rings is 1. The zero-order valence-corrected chi connectivity index (χ0v) is 15.7. The fourth-order valence-corrected chi connectivity index (χ4v) is 3.96. The maximum absolute atomic E-state index is 12.8. The van der Waals surface area contributed by atoms with E-state index in [9.17, 15) is 9.59 Å². The Bertz CT molecular complexity index is 839. The van der Waals surface area contributed by atoms with Crippen molar-refractivity contribution < 1.29 is 9.59 Å². The first-order chi connectivity index (χ1) is 13.1. The van der Waals surface area contributed by atoms with Crippen molar-refractivity contribution in [1.29, 1.82) is 0 Å². The van der Waals surface area contributed by atoms with Crippen LogP contribution in [0.4, 0.5) is 5.82 Å². The zero-order valence-electron chi connectivity index (χ0n) is 15.7. The molecular weight excluding hydrogens is 342 g/mol. The summed E-state index contributed by atoms with van der Waals surface area (Å²) >= 11 is 0. The molecule has 0 atom stereocenters. The van der Waals surface area contributed by atoms with Gasteiger partial charge in [-0.3, -0.25) is 14.6 Å². The van der Waals surface area contributed by atoms with Crippen molar-refractivity contribution in [3.05, 3.63) is 30.5 Å². The van der Waals surface area contributed by atoms with Crippen LogP contribution >= 0.6 is 0 Å². The van der Waals surface area contributed by atoms with E-state index < -0.39 is 0 Å². The maximum Gasteiger partial charge on any atom is 0.225 e. The van der Waals surface area contributed by atoms with Gasteiger partial charge in [-0.2, -0.15) is 0 Å². The molecule has 2 amide bonds. The number of benzene rings is 1. The first-order valence-electron chi connectivity index (χ1n) is 9.63. The number of aromatic nitrogens is 2. The Morgan fingerprint density at radius 3 is 2.26 bits per heavy atom. The molecule has 2 aliphatic heterocycles. The molecule has 2 aromatic rings. The largest absolute Gasteiger partial charge is 0.352 e. The topological polar surface area (TPSA) is 69.6 Å². The van der Waals surface area contributed by atoms with Crippen LogP contribution in [0.25, 0.3) is 11.0 Å². The van der Waals surface area contributed by atoms with Crippen molar-refractivity contribution in [2.75, 3.05) is 44.2 Å². The highest BCUT2D eigenvalue weighted by molar-refractivity contribution is 5.80. The molecule has 1 aromatic heterocycles. The highest BCUT2D eigenvalue weighted by Crippen LogP contribution is 2.22. The van der Waals surface area contributed by atoms with Crippen molar-refractivity contribution in [1.82, 2.24) is 19.8 Å². The van der Waals surface area contributed by atoms with E-state index in [1.54, 1.807) is 6.92 Å². The van der Waals surface area contributed by atoms with E-state index in [1.807, 2.05) is 40.3 Å². The number of para-hydroxylation sites is 2. The molecule has 0 bridgehead atoms. The van der Waals surface area contributed by atoms with E-state index in [0.29, 0.717) is 26.2 Å². The Labute approximate surface area is 159 Å². The molecule has 2 saturated heterocycles. The highest BCUT2D eigenvalue weighted by Gasteiger charge is 2.31. The van der Waals surface area contributed by atoms with Crippen molar-refractivity contribution in [2.24, 2.45) is 5.92 Å². The van der Waals surface area contributed by atoms with Crippen molar-refractivity contribution in [2.45, 2.75) is 19.8 Å². The lowest BCUT2D eigenvalue weighted by Gasteiger charge is -2.38. The molecule has 0 saturated carbocycles. The number of nitrogens with zero attached hydrogens (tertiary/aromatic N) is 5. The summed E-state index contributed by atoms with van der Waals surface area (Å²) in [6, 6.07) is 7.86. The quantitative estimate of drug-likeness (QED) is 0.805. The van der Waals surface area contributed by atoms with Gasteiger partial charge in [-0.05, 0) is 25.0 Å². The molecule has 0 radical (unpaired) electrons. The number of likely N-dealkylation sites (tertiary alicyclic amines) is 1. The van der Waals surface area contributed by atoms with E-state index in [2.05, 4.69) is 9.88 Å². The third kappa shape index (κ3) is 3.72. The summed E-state index contributed by atoms with van der Waals surface area (Å²) in [7, 11) is 0. The molecule has 27 heavy (non-hydrogen) atoms.